The lowest BCUT2D eigenvalue weighted by Gasteiger charge is -2.37. The standard InChI is InChI=1S/C26H37Cl2O2P/c1-24(2,3)18-12-16(27)14-20(22(18)29-10)31(26(7,8)9)21-15-17(28)13-19(23(21)30-11)25(4,5)6/h12-15H,1-11H3. The van der Waals surface area contributed by atoms with E-state index in [2.05, 4.69) is 74.4 Å². The molecule has 0 N–H and O–H groups in total. The molecule has 0 amide bonds. The van der Waals surface area contributed by atoms with Gasteiger partial charge < -0.3 is 9.47 Å². The van der Waals surface area contributed by atoms with Gasteiger partial charge in [0.2, 0.25) is 0 Å². The molecule has 2 aromatic rings. The molecule has 0 radical (unpaired) electrons. The maximum absolute atomic E-state index is 6.67. The van der Waals surface area contributed by atoms with Crippen LogP contribution in [0, 0.1) is 0 Å². The molecule has 0 fully saturated rings. The average Bonchev–Trinajstić information content (AvgIpc) is 2.58. The van der Waals surface area contributed by atoms with E-state index in [-0.39, 0.29) is 16.0 Å². The van der Waals surface area contributed by atoms with Gasteiger partial charge in [-0.15, -0.1) is 0 Å². The number of benzene rings is 2. The molecule has 0 aliphatic rings. The van der Waals surface area contributed by atoms with Gasteiger partial charge in [0, 0.05) is 31.8 Å². The van der Waals surface area contributed by atoms with Crippen molar-refractivity contribution in [3.63, 3.8) is 0 Å². The van der Waals surface area contributed by atoms with Crippen LogP contribution in [-0.2, 0) is 10.8 Å². The third-order valence-corrected chi connectivity index (χ3v) is 8.65. The first-order valence-electron chi connectivity index (χ1n) is 10.6. The smallest absolute Gasteiger partial charge is 0.130 e. The van der Waals surface area contributed by atoms with Gasteiger partial charge in [-0.25, -0.2) is 0 Å². The largest absolute Gasteiger partial charge is 0.496 e. The van der Waals surface area contributed by atoms with E-state index in [0.717, 1.165) is 43.3 Å². The second kappa shape index (κ2) is 9.12. The number of methoxy groups -OCH3 is 2. The molecule has 31 heavy (non-hydrogen) atoms. The highest BCUT2D eigenvalue weighted by Crippen LogP contribution is 2.54. The SMILES string of the molecule is COc1c(P(c2cc(Cl)cc(C(C)(C)C)c2OC)C(C)(C)C)cc(Cl)cc1C(C)(C)C. The Kier molecular flexibility index (Phi) is 7.74. The number of ether oxygens (including phenoxy) is 2. The lowest BCUT2D eigenvalue weighted by Crippen LogP contribution is -2.31. The van der Waals surface area contributed by atoms with Crippen LogP contribution in [0.4, 0.5) is 0 Å². The highest BCUT2D eigenvalue weighted by Gasteiger charge is 2.36. The van der Waals surface area contributed by atoms with Crippen LogP contribution in [0.25, 0.3) is 0 Å². The molecule has 2 rings (SSSR count). The molecule has 2 aromatic carbocycles. The predicted octanol–water partition coefficient (Wildman–Crippen LogP) is 7.84. The van der Waals surface area contributed by atoms with Gasteiger partial charge in [0.15, 0.2) is 0 Å². The second-order valence-corrected chi connectivity index (χ2v) is 14.9. The van der Waals surface area contributed by atoms with Gasteiger partial charge in [-0.2, -0.15) is 0 Å². The van der Waals surface area contributed by atoms with Crippen molar-refractivity contribution in [3.05, 3.63) is 45.4 Å². The summed E-state index contributed by atoms with van der Waals surface area (Å²) in [6.45, 7) is 19.9. The summed E-state index contributed by atoms with van der Waals surface area (Å²) >= 11 is 13.3. The Morgan fingerprint density at radius 2 is 0.935 bits per heavy atom. The minimum absolute atomic E-state index is 0.0877. The Morgan fingerprint density at radius 1 is 0.613 bits per heavy atom. The van der Waals surface area contributed by atoms with Crippen LogP contribution < -0.4 is 20.1 Å². The van der Waals surface area contributed by atoms with Gasteiger partial charge in [-0.1, -0.05) is 85.5 Å². The van der Waals surface area contributed by atoms with Crippen LogP contribution in [0.2, 0.25) is 10.0 Å². The van der Waals surface area contributed by atoms with Crippen LogP contribution in [-0.4, -0.2) is 19.4 Å². The summed E-state index contributed by atoms with van der Waals surface area (Å²) in [5.74, 6) is 1.80. The fourth-order valence-electron chi connectivity index (χ4n) is 3.89. The van der Waals surface area contributed by atoms with E-state index in [1.54, 1.807) is 14.2 Å². The van der Waals surface area contributed by atoms with Crippen molar-refractivity contribution in [1.29, 1.82) is 0 Å². The van der Waals surface area contributed by atoms with Gasteiger partial charge in [0.1, 0.15) is 11.5 Å². The molecule has 5 heteroatoms. The third-order valence-electron chi connectivity index (χ3n) is 5.25. The molecule has 0 atom stereocenters. The molecule has 0 unspecified atom stereocenters. The van der Waals surface area contributed by atoms with Crippen molar-refractivity contribution in [3.8, 4) is 11.5 Å². The number of halogens is 2. The zero-order chi connectivity index (χ0) is 23.9. The molecule has 0 spiro atoms. The molecular weight excluding hydrogens is 446 g/mol. The summed E-state index contributed by atoms with van der Waals surface area (Å²) in [5.41, 5.74) is 1.98. The number of rotatable bonds is 4. The Balaban J connectivity index is 3.01. The first-order chi connectivity index (χ1) is 14.0. The molecule has 0 saturated heterocycles. The van der Waals surface area contributed by atoms with E-state index < -0.39 is 7.92 Å². The minimum Gasteiger partial charge on any atom is -0.496 e. The molecule has 172 valence electrons. The first kappa shape index (κ1) is 26.3. The van der Waals surface area contributed by atoms with E-state index in [1.165, 1.54) is 0 Å². The molecule has 0 saturated carbocycles. The van der Waals surface area contributed by atoms with Crippen molar-refractivity contribution >= 4 is 41.7 Å². The summed E-state index contributed by atoms with van der Waals surface area (Å²) < 4.78 is 12.1. The maximum Gasteiger partial charge on any atom is 0.130 e. The number of hydrogen-bond donors (Lipinski definition) is 0. The Bertz CT molecular complexity index is 876. The lowest BCUT2D eigenvalue weighted by molar-refractivity contribution is 0.400. The Morgan fingerprint density at radius 3 is 1.16 bits per heavy atom. The fraction of sp³-hybridized carbons (Fsp3) is 0.538. The Labute approximate surface area is 200 Å². The molecule has 0 aromatic heterocycles. The molecule has 0 bridgehead atoms. The normalized spacial score (nSPS) is 13.0. The topological polar surface area (TPSA) is 18.5 Å². The summed E-state index contributed by atoms with van der Waals surface area (Å²) in [5, 5.41) is 3.57. The monoisotopic (exact) mass is 482 g/mol. The first-order valence-corrected chi connectivity index (χ1v) is 12.7. The lowest BCUT2D eigenvalue weighted by atomic mass is 9.86. The molecule has 0 aliphatic heterocycles. The van der Waals surface area contributed by atoms with Gasteiger partial charge in [-0.05, 0) is 48.2 Å². The van der Waals surface area contributed by atoms with E-state index in [0.29, 0.717) is 0 Å². The van der Waals surface area contributed by atoms with E-state index >= 15 is 0 Å². The van der Waals surface area contributed by atoms with Crippen LogP contribution in [0.1, 0.15) is 73.4 Å². The average molecular weight is 483 g/mol. The zero-order valence-electron chi connectivity index (χ0n) is 20.8. The van der Waals surface area contributed by atoms with Crippen LogP contribution in [0.15, 0.2) is 24.3 Å². The minimum atomic E-state index is -0.923. The van der Waals surface area contributed by atoms with Crippen LogP contribution in [0.5, 0.6) is 11.5 Å². The van der Waals surface area contributed by atoms with Gasteiger partial charge in [0.05, 0.1) is 14.2 Å². The van der Waals surface area contributed by atoms with Crippen molar-refractivity contribution in [2.75, 3.05) is 14.2 Å². The van der Waals surface area contributed by atoms with E-state index in [1.807, 2.05) is 12.1 Å². The summed E-state index contributed by atoms with van der Waals surface area (Å²) in [4.78, 5) is 0. The summed E-state index contributed by atoms with van der Waals surface area (Å²) in [6, 6.07) is 8.17. The van der Waals surface area contributed by atoms with Crippen molar-refractivity contribution < 1.29 is 9.47 Å². The quantitative estimate of drug-likeness (QED) is 0.413. The van der Waals surface area contributed by atoms with Crippen molar-refractivity contribution in [2.45, 2.75) is 78.3 Å². The summed E-state index contributed by atoms with van der Waals surface area (Å²) in [7, 11) is 2.56. The van der Waals surface area contributed by atoms with Crippen LogP contribution in [0.3, 0.4) is 0 Å². The highest BCUT2D eigenvalue weighted by atomic mass is 35.5. The maximum atomic E-state index is 6.67. The molecule has 2 nitrogen and oxygen atoms in total. The van der Waals surface area contributed by atoms with Gasteiger partial charge in [0.25, 0.3) is 0 Å². The van der Waals surface area contributed by atoms with Crippen molar-refractivity contribution in [1.82, 2.24) is 0 Å². The molecular formula is C26H37Cl2O2P. The molecule has 0 aliphatic carbocycles. The molecule has 0 heterocycles. The van der Waals surface area contributed by atoms with Gasteiger partial charge >= 0.3 is 0 Å². The fourth-order valence-corrected chi connectivity index (χ4v) is 7.55. The Hall–Kier alpha value is -0.950. The van der Waals surface area contributed by atoms with E-state index in [9.17, 15) is 0 Å². The zero-order valence-corrected chi connectivity index (χ0v) is 23.2. The van der Waals surface area contributed by atoms with E-state index in [4.69, 9.17) is 32.7 Å². The van der Waals surface area contributed by atoms with Crippen molar-refractivity contribution in [2.24, 2.45) is 0 Å². The van der Waals surface area contributed by atoms with Gasteiger partial charge in [-0.3, -0.25) is 0 Å². The second-order valence-electron chi connectivity index (χ2n) is 11.0. The highest BCUT2D eigenvalue weighted by molar-refractivity contribution is 7.74. The summed E-state index contributed by atoms with van der Waals surface area (Å²) in [6.07, 6.45) is 0. The van der Waals surface area contributed by atoms with Crippen LogP contribution >= 0.6 is 31.1 Å². The predicted molar refractivity (Wildman–Crippen MR) is 139 cm³/mol. The number of hydrogen-bond acceptors (Lipinski definition) is 2. The third kappa shape index (κ3) is 5.70.